The zero-order valence-electron chi connectivity index (χ0n) is 10.8. The monoisotopic (exact) mass is 302 g/mol. The van der Waals surface area contributed by atoms with Crippen LogP contribution in [0.5, 0.6) is 0 Å². The second kappa shape index (κ2) is 6.02. The van der Waals surface area contributed by atoms with E-state index in [9.17, 15) is 22.8 Å². The molecule has 5 nitrogen and oxygen atoms in total. The summed E-state index contributed by atoms with van der Waals surface area (Å²) in [5.41, 5.74) is -0.517. The molecule has 1 fully saturated rings. The number of urea groups is 1. The topological polar surface area (TPSA) is 78.4 Å². The minimum atomic E-state index is -1.36. The first-order chi connectivity index (χ1) is 9.88. The molecule has 0 aromatic heterocycles. The molecule has 114 valence electrons. The number of amides is 2. The van der Waals surface area contributed by atoms with Crippen molar-refractivity contribution < 1.29 is 27.9 Å². The number of aliphatic carboxylic acids is 1. The summed E-state index contributed by atoms with van der Waals surface area (Å²) in [7, 11) is 0. The molecule has 0 heterocycles. The highest BCUT2D eigenvalue weighted by Gasteiger charge is 2.34. The van der Waals surface area contributed by atoms with Crippen molar-refractivity contribution in [2.75, 3.05) is 5.32 Å². The van der Waals surface area contributed by atoms with E-state index in [1.54, 1.807) is 0 Å². The number of hydrogen-bond acceptors (Lipinski definition) is 2. The average Bonchev–Trinajstić information content (AvgIpc) is 2.84. The molecular weight excluding hydrogens is 289 g/mol. The molecule has 0 saturated heterocycles. The van der Waals surface area contributed by atoms with E-state index in [4.69, 9.17) is 5.11 Å². The van der Waals surface area contributed by atoms with E-state index in [0.717, 1.165) is 0 Å². The lowest BCUT2D eigenvalue weighted by atomic mass is 10.0. The summed E-state index contributed by atoms with van der Waals surface area (Å²) in [5, 5.41) is 13.4. The maximum Gasteiger partial charge on any atom is 0.319 e. The highest BCUT2D eigenvalue weighted by Crippen LogP contribution is 2.26. The first-order valence-electron chi connectivity index (χ1n) is 6.33. The third-order valence-electron chi connectivity index (χ3n) is 3.41. The fourth-order valence-corrected chi connectivity index (χ4v) is 2.37. The highest BCUT2D eigenvalue weighted by molar-refractivity contribution is 5.90. The molecule has 8 heteroatoms. The highest BCUT2D eigenvalue weighted by atomic mass is 19.2. The summed E-state index contributed by atoms with van der Waals surface area (Å²) in [5.74, 6) is -5.50. The Morgan fingerprint density at radius 2 is 1.76 bits per heavy atom. The summed E-state index contributed by atoms with van der Waals surface area (Å²) in [6.07, 6.45) is 1.59. The Bertz CT molecular complexity index is 580. The molecule has 1 aliphatic rings. The van der Waals surface area contributed by atoms with Crippen molar-refractivity contribution >= 4 is 17.7 Å². The Labute approximate surface area is 118 Å². The standard InChI is InChI=1S/C13H13F3N2O3/c14-7-4-9(16)11(5-8(7)15)18-13(21)17-10-3-1-2-6(10)12(19)20/h4-6,10H,1-3H2,(H,19,20)(H2,17,18,21). The number of carbonyl (C=O) groups is 2. The minimum absolute atomic E-state index is 0.320. The van der Waals surface area contributed by atoms with Crippen molar-refractivity contribution in [3.63, 3.8) is 0 Å². The molecule has 2 unspecified atom stereocenters. The van der Waals surface area contributed by atoms with Gasteiger partial charge in [-0.15, -0.1) is 0 Å². The van der Waals surface area contributed by atoms with Crippen molar-refractivity contribution in [2.45, 2.75) is 25.3 Å². The number of halogens is 3. The lowest BCUT2D eigenvalue weighted by molar-refractivity contribution is -0.142. The van der Waals surface area contributed by atoms with Crippen molar-refractivity contribution in [3.8, 4) is 0 Å². The number of carbonyl (C=O) groups excluding carboxylic acids is 1. The third-order valence-corrected chi connectivity index (χ3v) is 3.41. The van der Waals surface area contributed by atoms with E-state index < -0.39 is 47.1 Å². The van der Waals surface area contributed by atoms with Crippen LogP contribution in [0.2, 0.25) is 0 Å². The van der Waals surface area contributed by atoms with Gasteiger partial charge in [0.2, 0.25) is 0 Å². The van der Waals surface area contributed by atoms with Crippen LogP contribution in [0.15, 0.2) is 12.1 Å². The van der Waals surface area contributed by atoms with E-state index in [-0.39, 0.29) is 0 Å². The van der Waals surface area contributed by atoms with Crippen LogP contribution in [-0.4, -0.2) is 23.1 Å². The molecule has 3 N–H and O–H groups in total. The molecule has 21 heavy (non-hydrogen) atoms. The Morgan fingerprint density at radius 3 is 2.43 bits per heavy atom. The predicted molar refractivity (Wildman–Crippen MR) is 67.2 cm³/mol. The summed E-state index contributed by atoms with van der Waals surface area (Å²) in [6, 6.07) is -0.595. The van der Waals surface area contributed by atoms with Gasteiger partial charge in [0.25, 0.3) is 0 Å². The number of hydrogen-bond donors (Lipinski definition) is 3. The van der Waals surface area contributed by atoms with E-state index in [1.165, 1.54) is 0 Å². The molecule has 0 bridgehead atoms. The maximum atomic E-state index is 13.4. The summed E-state index contributed by atoms with van der Waals surface area (Å²) < 4.78 is 39.1. The van der Waals surface area contributed by atoms with Gasteiger partial charge in [0.15, 0.2) is 11.6 Å². The molecular formula is C13H13F3N2O3. The minimum Gasteiger partial charge on any atom is -0.481 e. The smallest absolute Gasteiger partial charge is 0.319 e. The van der Waals surface area contributed by atoms with Gasteiger partial charge in [0.1, 0.15) is 5.82 Å². The fraction of sp³-hybridized carbons (Fsp3) is 0.385. The second-order valence-electron chi connectivity index (χ2n) is 4.83. The molecule has 1 saturated carbocycles. The van der Waals surface area contributed by atoms with E-state index in [1.807, 2.05) is 5.32 Å². The van der Waals surface area contributed by atoms with Crippen molar-refractivity contribution in [2.24, 2.45) is 5.92 Å². The molecule has 2 rings (SSSR count). The number of anilines is 1. The van der Waals surface area contributed by atoms with Crippen LogP contribution in [0.4, 0.5) is 23.7 Å². The van der Waals surface area contributed by atoms with Crippen molar-refractivity contribution in [3.05, 3.63) is 29.6 Å². The van der Waals surface area contributed by atoms with Crippen molar-refractivity contribution in [1.29, 1.82) is 0 Å². The predicted octanol–water partition coefficient (Wildman–Crippen LogP) is 2.48. The van der Waals surface area contributed by atoms with Crippen LogP contribution < -0.4 is 10.6 Å². The van der Waals surface area contributed by atoms with Crippen LogP contribution in [0.1, 0.15) is 19.3 Å². The normalized spacial score (nSPS) is 21.1. The average molecular weight is 302 g/mol. The Kier molecular flexibility index (Phi) is 4.35. The zero-order valence-corrected chi connectivity index (χ0v) is 10.8. The molecule has 1 aromatic carbocycles. The van der Waals surface area contributed by atoms with Crippen LogP contribution in [0.3, 0.4) is 0 Å². The van der Waals surface area contributed by atoms with E-state index in [2.05, 4.69) is 5.32 Å². The number of carboxylic acid groups (broad SMARTS) is 1. The third kappa shape index (κ3) is 3.45. The van der Waals surface area contributed by atoms with Gasteiger partial charge in [0.05, 0.1) is 11.6 Å². The number of rotatable bonds is 3. The van der Waals surface area contributed by atoms with Gasteiger partial charge in [-0.1, -0.05) is 6.42 Å². The van der Waals surface area contributed by atoms with Crippen molar-refractivity contribution in [1.82, 2.24) is 5.32 Å². The second-order valence-corrected chi connectivity index (χ2v) is 4.83. The van der Waals surface area contributed by atoms with Gasteiger partial charge in [-0.2, -0.15) is 0 Å². The SMILES string of the molecule is O=C(Nc1cc(F)c(F)cc1F)NC1CCCC1C(=O)O. The lowest BCUT2D eigenvalue weighted by Crippen LogP contribution is -2.42. The van der Waals surface area contributed by atoms with E-state index in [0.29, 0.717) is 31.4 Å². The molecule has 0 radical (unpaired) electrons. The Balaban J connectivity index is 2.02. The molecule has 1 aromatic rings. The molecule has 1 aliphatic carbocycles. The number of carboxylic acids is 1. The van der Waals surface area contributed by atoms with Crippen LogP contribution in [0, 0.1) is 23.4 Å². The molecule has 0 spiro atoms. The lowest BCUT2D eigenvalue weighted by Gasteiger charge is -2.18. The van der Waals surface area contributed by atoms with Crippen LogP contribution in [-0.2, 0) is 4.79 Å². The summed E-state index contributed by atoms with van der Waals surface area (Å²) in [4.78, 5) is 22.7. The van der Waals surface area contributed by atoms with Gasteiger partial charge in [-0.3, -0.25) is 4.79 Å². The molecule has 0 aliphatic heterocycles. The van der Waals surface area contributed by atoms with Gasteiger partial charge in [-0.25, -0.2) is 18.0 Å². The number of nitrogens with one attached hydrogen (secondary N) is 2. The van der Waals surface area contributed by atoms with Crippen LogP contribution in [0.25, 0.3) is 0 Å². The maximum absolute atomic E-state index is 13.4. The van der Waals surface area contributed by atoms with Gasteiger partial charge in [-0.05, 0) is 12.8 Å². The Morgan fingerprint density at radius 1 is 1.10 bits per heavy atom. The fourth-order valence-electron chi connectivity index (χ4n) is 2.37. The summed E-state index contributed by atoms with van der Waals surface area (Å²) in [6.45, 7) is 0. The van der Waals surface area contributed by atoms with Gasteiger partial charge < -0.3 is 15.7 Å². The quantitative estimate of drug-likeness (QED) is 0.751. The molecule has 2 amide bonds. The molecule has 2 atom stereocenters. The van der Waals surface area contributed by atoms with Crippen LogP contribution >= 0.6 is 0 Å². The summed E-state index contributed by atoms with van der Waals surface area (Å²) >= 11 is 0. The van der Waals surface area contributed by atoms with E-state index >= 15 is 0 Å². The number of benzene rings is 1. The largest absolute Gasteiger partial charge is 0.481 e. The van der Waals surface area contributed by atoms with Gasteiger partial charge in [0, 0.05) is 18.2 Å². The first-order valence-corrected chi connectivity index (χ1v) is 6.33. The zero-order chi connectivity index (χ0) is 15.6. The Hall–Kier alpha value is -2.25. The first kappa shape index (κ1) is 15.1. The van der Waals surface area contributed by atoms with Gasteiger partial charge >= 0.3 is 12.0 Å².